The summed E-state index contributed by atoms with van der Waals surface area (Å²) in [5, 5.41) is 2.58. The molecule has 1 aromatic carbocycles. The highest BCUT2D eigenvalue weighted by Crippen LogP contribution is 2.24. The first-order valence-corrected chi connectivity index (χ1v) is 8.01. The predicted octanol–water partition coefficient (Wildman–Crippen LogP) is 1.84. The topological polar surface area (TPSA) is 75.4 Å². The fourth-order valence-corrected chi connectivity index (χ4v) is 2.94. The van der Waals surface area contributed by atoms with Crippen molar-refractivity contribution in [3.8, 4) is 0 Å². The predicted molar refractivity (Wildman–Crippen MR) is 93.2 cm³/mol. The first kappa shape index (κ1) is 19.5. The van der Waals surface area contributed by atoms with Crippen molar-refractivity contribution in [1.29, 1.82) is 0 Å². The molecular weight excluding hydrogens is 314 g/mol. The molecule has 0 heterocycles. The van der Waals surface area contributed by atoms with E-state index < -0.39 is 0 Å². The number of halogens is 1. The van der Waals surface area contributed by atoms with Crippen LogP contribution in [0.3, 0.4) is 0 Å². The van der Waals surface area contributed by atoms with Gasteiger partial charge >= 0.3 is 0 Å². The molecule has 0 radical (unpaired) electrons. The van der Waals surface area contributed by atoms with Crippen LogP contribution in [-0.4, -0.2) is 35.8 Å². The largest absolute Gasteiger partial charge is 0.346 e. The Hall–Kier alpha value is -1.59. The zero-order valence-corrected chi connectivity index (χ0v) is 14.2. The zero-order valence-electron chi connectivity index (χ0n) is 13.4. The van der Waals surface area contributed by atoms with E-state index in [0.717, 1.165) is 18.4 Å². The SMILES string of the molecule is Cl.NCC(=O)NCC(=O)N(Cc1ccccc1)C1CCCCC1. The van der Waals surface area contributed by atoms with E-state index in [2.05, 4.69) is 5.32 Å². The molecule has 2 rings (SSSR count). The van der Waals surface area contributed by atoms with Crippen molar-refractivity contribution in [2.45, 2.75) is 44.7 Å². The number of nitrogens with zero attached hydrogens (tertiary/aromatic N) is 1. The summed E-state index contributed by atoms with van der Waals surface area (Å²) in [5.74, 6) is -0.325. The van der Waals surface area contributed by atoms with Gasteiger partial charge in [0.15, 0.2) is 0 Å². The molecule has 0 aliphatic heterocycles. The molecule has 1 fully saturated rings. The number of rotatable bonds is 6. The number of benzene rings is 1. The normalized spacial score (nSPS) is 14.7. The molecule has 1 aromatic rings. The van der Waals surface area contributed by atoms with Crippen LogP contribution >= 0.6 is 12.4 Å². The van der Waals surface area contributed by atoms with E-state index in [1.54, 1.807) is 0 Å². The Balaban J connectivity index is 0.00000264. The van der Waals surface area contributed by atoms with Gasteiger partial charge < -0.3 is 16.0 Å². The third-order valence-corrected chi connectivity index (χ3v) is 4.15. The monoisotopic (exact) mass is 339 g/mol. The van der Waals surface area contributed by atoms with E-state index >= 15 is 0 Å². The smallest absolute Gasteiger partial charge is 0.242 e. The standard InChI is InChI=1S/C17H25N3O2.ClH/c18-11-16(21)19-12-17(22)20(15-9-5-2-6-10-15)13-14-7-3-1-4-8-14;/h1,3-4,7-8,15H,2,5-6,9-13,18H2,(H,19,21);1H. The van der Waals surface area contributed by atoms with Gasteiger partial charge in [0.05, 0.1) is 13.1 Å². The van der Waals surface area contributed by atoms with Crippen molar-refractivity contribution in [2.75, 3.05) is 13.1 Å². The summed E-state index contributed by atoms with van der Waals surface area (Å²) in [6, 6.07) is 10.3. The molecule has 2 amide bonds. The maximum Gasteiger partial charge on any atom is 0.242 e. The van der Waals surface area contributed by atoms with E-state index in [1.165, 1.54) is 19.3 Å². The zero-order chi connectivity index (χ0) is 15.8. The molecule has 0 unspecified atom stereocenters. The molecular formula is C17H26ClN3O2. The number of nitrogens with two attached hydrogens (primary N) is 1. The summed E-state index contributed by atoms with van der Waals surface area (Å²) in [6.07, 6.45) is 5.66. The molecule has 0 saturated heterocycles. The quantitative estimate of drug-likeness (QED) is 0.830. The highest BCUT2D eigenvalue weighted by Gasteiger charge is 2.25. The van der Waals surface area contributed by atoms with Gasteiger partial charge in [-0.15, -0.1) is 12.4 Å². The Morgan fingerprint density at radius 2 is 1.78 bits per heavy atom. The molecule has 0 atom stereocenters. The third-order valence-electron chi connectivity index (χ3n) is 4.15. The van der Waals surface area contributed by atoms with Crippen LogP contribution in [0.5, 0.6) is 0 Å². The lowest BCUT2D eigenvalue weighted by atomic mass is 9.93. The molecule has 6 heteroatoms. The molecule has 0 bridgehead atoms. The van der Waals surface area contributed by atoms with Gasteiger partial charge in [0.2, 0.25) is 11.8 Å². The summed E-state index contributed by atoms with van der Waals surface area (Å²) in [7, 11) is 0. The van der Waals surface area contributed by atoms with Crippen LogP contribution in [0.4, 0.5) is 0 Å². The van der Waals surface area contributed by atoms with Gasteiger partial charge in [-0.2, -0.15) is 0 Å². The summed E-state index contributed by atoms with van der Waals surface area (Å²) in [4.78, 5) is 25.7. The highest BCUT2D eigenvalue weighted by atomic mass is 35.5. The maximum atomic E-state index is 12.5. The Morgan fingerprint density at radius 1 is 1.13 bits per heavy atom. The van der Waals surface area contributed by atoms with E-state index in [1.807, 2.05) is 35.2 Å². The van der Waals surface area contributed by atoms with E-state index in [9.17, 15) is 9.59 Å². The summed E-state index contributed by atoms with van der Waals surface area (Å²) < 4.78 is 0. The van der Waals surface area contributed by atoms with Gasteiger partial charge in [0, 0.05) is 12.6 Å². The molecule has 5 nitrogen and oxygen atoms in total. The maximum absolute atomic E-state index is 12.5. The number of hydrogen-bond donors (Lipinski definition) is 2. The first-order chi connectivity index (χ1) is 10.7. The number of carbonyl (C=O) groups excluding carboxylic acids is 2. The summed E-state index contributed by atoms with van der Waals surface area (Å²) in [6.45, 7) is 0.539. The summed E-state index contributed by atoms with van der Waals surface area (Å²) >= 11 is 0. The number of amides is 2. The minimum atomic E-state index is -0.295. The van der Waals surface area contributed by atoms with Crippen molar-refractivity contribution >= 4 is 24.2 Å². The molecule has 1 aliphatic rings. The van der Waals surface area contributed by atoms with Gasteiger partial charge in [-0.05, 0) is 18.4 Å². The van der Waals surface area contributed by atoms with Crippen molar-refractivity contribution < 1.29 is 9.59 Å². The van der Waals surface area contributed by atoms with Crippen molar-refractivity contribution in [2.24, 2.45) is 5.73 Å². The van der Waals surface area contributed by atoms with Crippen LogP contribution in [0.15, 0.2) is 30.3 Å². The lowest BCUT2D eigenvalue weighted by molar-refractivity contribution is -0.135. The Bertz CT molecular complexity index is 490. The second-order valence-electron chi connectivity index (χ2n) is 5.78. The summed E-state index contributed by atoms with van der Waals surface area (Å²) in [5.41, 5.74) is 6.38. The van der Waals surface area contributed by atoms with Crippen molar-refractivity contribution in [3.63, 3.8) is 0 Å². The highest BCUT2D eigenvalue weighted by molar-refractivity contribution is 5.86. The van der Waals surface area contributed by atoms with Crippen molar-refractivity contribution in [3.05, 3.63) is 35.9 Å². The van der Waals surface area contributed by atoms with Gasteiger partial charge in [-0.1, -0.05) is 49.6 Å². The van der Waals surface area contributed by atoms with Crippen LogP contribution in [0, 0.1) is 0 Å². The molecule has 23 heavy (non-hydrogen) atoms. The van der Waals surface area contributed by atoms with Crippen LogP contribution in [0.2, 0.25) is 0 Å². The molecule has 0 spiro atoms. The minimum Gasteiger partial charge on any atom is -0.346 e. The average molecular weight is 340 g/mol. The van der Waals surface area contributed by atoms with Crippen LogP contribution in [0.25, 0.3) is 0 Å². The molecule has 1 saturated carbocycles. The van der Waals surface area contributed by atoms with Crippen molar-refractivity contribution in [1.82, 2.24) is 10.2 Å². The van der Waals surface area contributed by atoms with E-state index in [-0.39, 0.29) is 43.4 Å². The Kier molecular flexibility index (Phi) is 8.66. The number of nitrogens with one attached hydrogen (secondary N) is 1. The van der Waals surface area contributed by atoms with Gasteiger partial charge in [0.1, 0.15) is 0 Å². The Morgan fingerprint density at radius 3 is 2.39 bits per heavy atom. The second-order valence-corrected chi connectivity index (χ2v) is 5.78. The number of hydrogen-bond acceptors (Lipinski definition) is 3. The Labute approximate surface area is 144 Å². The third kappa shape index (κ3) is 6.20. The lowest BCUT2D eigenvalue weighted by Gasteiger charge is -2.34. The van der Waals surface area contributed by atoms with Gasteiger partial charge in [-0.25, -0.2) is 0 Å². The first-order valence-electron chi connectivity index (χ1n) is 8.01. The van der Waals surface area contributed by atoms with Gasteiger partial charge in [0.25, 0.3) is 0 Å². The van der Waals surface area contributed by atoms with E-state index in [4.69, 9.17) is 5.73 Å². The van der Waals surface area contributed by atoms with E-state index in [0.29, 0.717) is 6.54 Å². The minimum absolute atomic E-state index is 0. The fourth-order valence-electron chi connectivity index (χ4n) is 2.94. The lowest BCUT2D eigenvalue weighted by Crippen LogP contribution is -2.46. The molecule has 128 valence electrons. The van der Waals surface area contributed by atoms with Crippen LogP contribution in [0.1, 0.15) is 37.7 Å². The van der Waals surface area contributed by atoms with Crippen LogP contribution < -0.4 is 11.1 Å². The van der Waals surface area contributed by atoms with Gasteiger partial charge in [-0.3, -0.25) is 9.59 Å². The average Bonchev–Trinajstić information content (AvgIpc) is 2.59. The molecule has 0 aromatic heterocycles. The molecule has 3 N–H and O–H groups in total. The number of carbonyl (C=O) groups is 2. The molecule has 1 aliphatic carbocycles. The second kappa shape index (κ2) is 10.2. The van der Waals surface area contributed by atoms with Crippen LogP contribution in [-0.2, 0) is 16.1 Å². The fraction of sp³-hybridized carbons (Fsp3) is 0.529.